The molecule has 1 heteroatoms. The molecule has 0 aliphatic heterocycles. The smallest absolute Gasteiger partial charge is 0.184 e. The average Bonchev–Trinajstić information content (AvgIpc) is 2.61. The zero-order valence-corrected chi connectivity index (χ0v) is 17.8. The van der Waals surface area contributed by atoms with E-state index in [1.165, 1.54) is 62.5 Å². The first-order valence-electron chi connectivity index (χ1n) is 9.35. The Hall–Kier alpha value is -0.456. The fraction of sp³-hybridized carbons (Fsp3) is 0.478. The second-order valence-corrected chi connectivity index (χ2v) is 7.31. The van der Waals surface area contributed by atoms with Gasteiger partial charge in [-0.05, 0) is 48.6 Å². The van der Waals surface area contributed by atoms with Crippen LogP contribution < -0.4 is 0 Å². The Kier molecular flexibility index (Phi) is 8.70. The van der Waals surface area contributed by atoms with E-state index in [0.717, 1.165) is 11.8 Å². The predicted octanol–water partition coefficient (Wildman–Crippen LogP) is 6.34. The number of rotatable bonds is 6. The minimum Gasteiger partial charge on any atom is -0.184 e. The number of hydrogen-bond acceptors (Lipinski definition) is 0. The van der Waals surface area contributed by atoms with Crippen LogP contribution in [-0.2, 0) is 45.6 Å². The second-order valence-electron chi connectivity index (χ2n) is 7.31. The van der Waals surface area contributed by atoms with E-state index in [4.69, 9.17) is 0 Å². The van der Waals surface area contributed by atoms with Crippen molar-refractivity contribution in [1.82, 2.24) is 0 Å². The van der Waals surface area contributed by atoms with E-state index in [9.17, 15) is 0 Å². The molecule has 2 aromatic carbocycles. The van der Waals surface area contributed by atoms with E-state index < -0.39 is 0 Å². The van der Waals surface area contributed by atoms with Crippen molar-refractivity contribution < 1.29 is 32.7 Å². The molecule has 1 aliphatic carbocycles. The first-order chi connectivity index (χ1) is 11.3. The van der Waals surface area contributed by atoms with Gasteiger partial charge in [0.25, 0.3) is 0 Å². The molecule has 122 valence electrons. The molecule has 0 N–H and O–H groups in total. The monoisotopic (exact) mass is 394 g/mol. The first-order valence-corrected chi connectivity index (χ1v) is 9.35. The van der Waals surface area contributed by atoms with Crippen molar-refractivity contribution in [2.24, 2.45) is 5.92 Å². The molecule has 0 bridgehead atoms. The van der Waals surface area contributed by atoms with Crippen LogP contribution >= 0.6 is 0 Å². The molecule has 0 radical (unpaired) electrons. The van der Waals surface area contributed by atoms with Crippen LogP contribution in [0.15, 0.2) is 48.5 Å². The van der Waals surface area contributed by atoms with Gasteiger partial charge in [0.15, 0.2) is 0 Å². The summed E-state index contributed by atoms with van der Waals surface area (Å²) in [5.74, 6) is 1.75. The molecule has 0 nitrogen and oxygen atoms in total. The van der Waals surface area contributed by atoms with Crippen LogP contribution in [0, 0.1) is 12.0 Å². The summed E-state index contributed by atoms with van der Waals surface area (Å²) in [5, 5.41) is 0. The van der Waals surface area contributed by atoms with Gasteiger partial charge in [0, 0.05) is 0 Å². The van der Waals surface area contributed by atoms with E-state index >= 15 is 0 Å². The molecule has 2 aromatic rings. The maximum atomic E-state index is 3.08. The summed E-state index contributed by atoms with van der Waals surface area (Å²) in [6, 6.07) is 21.0. The van der Waals surface area contributed by atoms with Crippen molar-refractivity contribution in [1.29, 1.82) is 0 Å². The Morgan fingerprint density at radius 3 is 1.92 bits per heavy atom. The van der Waals surface area contributed by atoms with E-state index in [-0.39, 0.29) is 32.7 Å². The number of aryl methyl sites for hydroxylation is 2. The molecule has 1 aliphatic rings. The van der Waals surface area contributed by atoms with Crippen molar-refractivity contribution in [2.75, 3.05) is 0 Å². The Labute approximate surface area is 173 Å². The first kappa shape index (κ1) is 19.9. The maximum absolute atomic E-state index is 3.08. The molecule has 0 amide bonds. The molecule has 0 saturated heterocycles. The van der Waals surface area contributed by atoms with Gasteiger partial charge in [-0.15, -0.1) is 0 Å². The molecule has 0 heterocycles. The Morgan fingerprint density at radius 2 is 1.33 bits per heavy atom. The quantitative estimate of drug-likeness (QED) is 0.396. The van der Waals surface area contributed by atoms with Crippen molar-refractivity contribution in [2.45, 2.75) is 64.2 Å². The van der Waals surface area contributed by atoms with E-state index in [2.05, 4.69) is 49.4 Å². The molecular formula is C23H29Y+2. The summed E-state index contributed by atoms with van der Waals surface area (Å²) in [7, 11) is 0. The van der Waals surface area contributed by atoms with Gasteiger partial charge in [-0.3, -0.25) is 0 Å². The molecule has 1 fully saturated rings. The largest absolute Gasteiger partial charge is 3.00 e. The third-order valence-electron chi connectivity index (χ3n) is 5.44. The van der Waals surface area contributed by atoms with Gasteiger partial charge in [0.1, 0.15) is 0 Å². The molecule has 0 atom stereocenters. The van der Waals surface area contributed by atoms with Gasteiger partial charge in [-0.2, -0.15) is 35.9 Å². The number of unbranched alkanes of at least 4 members (excludes halogenated alkanes) is 1. The number of benzene rings is 2. The van der Waals surface area contributed by atoms with Crippen LogP contribution in [0.25, 0.3) is 0 Å². The maximum Gasteiger partial charge on any atom is 3.00 e. The van der Waals surface area contributed by atoms with Crippen LogP contribution in [0.2, 0.25) is 0 Å². The second kappa shape index (κ2) is 10.5. The normalized spacial score (nSPS) is 20.4. The molecule has 0 aromatic heterocycles. The minimum absolute atomic E-state index is 0. The van der Waals surface area contributed by atoms with Gasteiger partial charge < -0.3 is 0 Å². The van der Waals surface area contributed by atoms with Crippen LogP contribution in [-0.4, -0.2) is 0 Å². The number of hydrogen-bond donors (Lipinski definition) is 0. The summed E-state index contributed by atoms with van der Waals surface area (Å²) in [6.07, 6.45) is 10.5. The third kappa shape index (κ3) is 6.12. The minimum atomic E-state index is 0. The average molecular weight is 394 g/mol. The van der Waals surface area contributed by atoms with Crippen molar-refractivity contribution >= 4 is 0 Å². The standard InChI is InChI=1S/C23H29.Y/c1-19-11-15-22(16-12-19)23-17-13-21(14-18-23)10-6-5-9-20-7-3-2-4-8-20;/h3-4,7-8,13-14,17-19,22H,5-6,9-12,15-16H2,1H3;/q-1;+3. The zero-order chi connectivity index (χ0) is 15.9. The van der Waals surface area contributed by atoms with Crippen LogP contribution in [0.5, 0.6) is 0 Å². The van der Waals surface area contributed by atoms with E-state index in [0.29, 0.717) is 0 Å². The van der Waals surface area contributed by atoms with E-state index in [1.807, 2.05) is 12.1 Å². The summed E-state index contributed by atoms with van der Waals surface area (Å²) in [5.41, 5.74) is 4.51. The molecule has 24 heavy (non-hydrogen) atoms. The van der Waals surface area contributed by atoms with Crippen LogP contribution in [0.1, 0.15) is 68.1 Å². The summed E-state index contributed by atoms with van der Waals surface area (Å²) in [6.45, 7) is 2.40. The third-order valence-corrected chi connectivity index (χ3v) is 5.44. The summed E-state index contributed by atoms with van der Waals surface area (Å²) in [4.78, 5) is 0. The van der Waals surface area contributed by atoms with Gasteiger partial charge in [-0.1, -0.05) is 56.9 Å². The Morgan fingerprint density at radius 1 is 0.792 bits per heavy atom. The van der Waals surface area contributed by atoms with Gasteiger partial charge >= 0.3 is 32.7 Å². The summed E-state index contributed by atoms with van der Waals surface area (Å²) < 4.78 is 0. The van der Waals surface area contributed by atoms with Crippen LogP contribution in [0.3, 0.4) is 0 Å². The van der Waals surface area contributed by atoms with Crippen LogP contribution in [0.4, 0.5) is 0 Å². The topological polar surface area (TPSA) is 0 Å². The Balaban J connectivity index is 0.00000208. The fourth-order valence-electron chi connectivity index (χ4n) is 3.80. The van der Waals surface area contributed by atoms with Crippen molar-refractivity contribution in [3.8, 4) is 0 Å². The Bertz CT molecular complexity index is 565. The summed E-state index contributed by atoms with van der Waals surface area (Å²) >= 11 is 0. The molecule has 1 saturated carbocycles. The van der Waals surface area contributed by atoms with Gasteiger partial charge in [0.05, 0.1) is 0 Å². The van der Waals surface area contributed by atoms with E-state index in [1.54, 1.807) is 5.56 Å². The van der Waals surface area contributed by atoms with Gasteiger partial charge in [0.2, 0.25) is 0 Å². The molecule has 0 unspecified atom stereocenters. The molecular weight excluding hydrogens is 365 g/mol. The zero-order valence-electron chi connectivity index (χ0n) is 15.0. The van der Waals surface area contributed by atoms with Crippen molar-refractivity contribution in [3.63, 3.8) is 0 Å². The fourth-order valence-corrected chi connectivity index (χ4v) is 3.80. The van der Waals surface area contributed by atoms with Crippen molar-refractivity contribution in [3.05, 3.63) is 71.3 Å². The van der Waals surface area contributed by atoms with Gasteiger partial charge in [-0.25, -0.2) is 0 Å². The SMILES string of the molecule is CC1CCC(c2ccc(CCCCc3cc[c-]cc3)cc2)CC1.[Y+3]. The predicted molar refractivity (Wildman–Crippen MR) is 98.7 cm³/mol. The molecule has 3 rings (SSSR count). The molecule has 0 spiro atoms.